The molecule has 0 aliphatic heterocycles. The van der Waals surface area contributed by atoms with Gasteiger partial charge in [-0.1, -0.05) is 29.5 Å². The highest BCUT2D eigenvalue weighted by Gasteiger charge is 2.66. The van der Waals surface area contributed by atoms with Crippen molar-refractivity contribution in [1.29, 1.82) is 0 Å². The van der Waals surface area contributed by atoms with Gasteiger partial charge in [-0.05, 0) is 27.2 Å². The second-order valence-corrected chi connectivity index (χ2v) is 7.98. The number of hydrogen-bond acceptors (Lipinski definition) is 6. The van der Waals surface area contributed by atoms with Crippen molar-refractivity contribution in [2.24, 2.45) is 0 Å². The molecule has 0 aromatic carbocycles. The summed E-state index contributed by atoms with van der Waals surface area (Å²) in [7, 11) is 0. The van der Waals surface area contributed by atoms with Gasteiger partial charge in [-0.15, -0.1) is 0 Å². The second-order valence-electron chi connectivity index (χ2n) is 5.60. The second kappa shape index (κ2) is 8.95. The van der Waals surface area contributed by atoms with Gasteiger partial charge in [0.15, 0.2) is 0 Å². The predicted octanol–water partition coefficient (Wildman–Crippen LogP) is 2.99. The van der Waals surface area contributed by atoms with Crippen LogP contribution in [0.15, 0.2) is 0 Å². The van der Waals surface area contributed by atoms with Gasteiger partial charge in [0.05, 0.1) is 6.61 Å². The van der Waals surface area contributed by atoms with E-state index in [1.165, 1.54) is 13.8 Å². The molecule has 0 spiro atoms. The number of rotatable bonds is 9. The Morgan fingerprint density at radius 3 is 1.96 bits per heavy atom. The number of esters is 2. The molecule has 0 bridgehead atoms. The Hall–Kier alpha value is -0.760. The molecule has 0 aliphatic rings. The summed E-state index contributed by atoms with van der Waals surface area (Å²) >= 11 is 1.61. The summed E-state index contributed by atoms with van der Waals surface area (Å²) in [5.74, 6) is -7.71. The number of alkyl halides is 6. The van der Waals surface area contributed by atoms with E-state index in [9.17, 15) is 36.6 Å². The monoisotopic (exact) mass is 506 g/mol. The molecular formula is C14H20F5IO6. The van der Waals surface area contributed by atoms with Crippen LogP contribution in [0.5, 0.6) is 0 Å². The predicted molar refractivity (Wildman–Crippen MR) is 86.8 cm³/mol. The third-order valence-electron chi connectivity index (χ3n) is 3.40. The maximum Gasteiger partial charge on any atom is 0.411 e. The number of halogens is 6. The fourth-order valence-electron chi connectivity index (χ4n) is 1.46. The van der Waals surface area contributed by atoms with E-state index in [0.29, 0.717) is 6.92 Å². The fourth-order valence-corrected chi connectivity index (χ4v) is 1.57. The molecule has 3 unspecified atom stereocenters. The number of aliphatic hydroxyl groups is 1. The highest BCUT2D eigenvalue weighted by molar-refractivity contribution is 14.1. The van der Waals surface area contributed by atoms with Crippen LogP contribution in [-0.4, -0.2) is 57.7 Å². The summed E-state index contributed by atoms with van der Waals surface area (Å²) in [6, 6.07) is 0. The van der Waals surface area contributed by atoms with Gasteiger partial charge in [-0.25, -0.2) is 4.79 Å². The van der Waals surface area contributed by atoms with Crippen molar-refractivity contribution in [2.75, 3.05) is 13.2 Å². The normalized spacial score (nSPS) is 18.4. The third-order valence-corrected chi connectivity index (χ3v) is 4.61. The lowest BCUT2D eigenvalue weighted by Crippen LogP contribution is -2.62. The van der Waals surface area contributed by atoms with Crippen molar-refractivity contribution in [2.45, 2.75) is 61.5 Å². The van der Waals surface area contributed by atoms with Crippen LogP contribution in [0.2, 0.25) is 0 Å². The molecule has 0 fully saturated rings. The van der Waals surface area contributed by atoms with E-state index in [1.54, 1.807) is 29.5 Å². The van der Waals surface area contributed by atoms with Crippen LogP contribution >= 0.6 is 22.6 Å². The number of carbonyl (C=O) groups excluding carboxylic acids is 2. The minimum atomic E-state index is -5.00. The van der Waals surface area contributed by atoms with E-state index < -0.39 is 46.0 Å². The number of hydrogen-bond donors (Lipinski definition) is 1. The lowest BCUT2D eigenvalue weighted by molar-refractivity contribution is -0.315. The topological polar surface area (TPSA) is 82.1 Å². The quantitative estimate of drug-likeness (QED) is 0.170. The molecule has 26 heavy (non-hydrogen) atoms. The zero-order valence-electron chi connectivity index (χ0n) is 14.5. The minimum Gasteiger partial charge on any atom is -0.463 e. The first-order valence-electron chi connectivity index (χ1n) is 7.39. The SMILES string of the molecule is CCOC(=O)C(C)(OC(=O)C(C)(I)CC)C(F)(F)C(O)OCC(F)(F)F. The molecular weight excluding hydrogens is 486 g/mol. The highest BCUT2D eigenvalue weighted by Crippen LogP contribution is 2.39. The first-order chi connectivity index (χ1) is 11.5. The zero-order chi connectivity index (χ0) is 21.0. The molecule has 0 amide bonds. The molecule has 0 aliphatic carbocycles. The summed E-state index contributed by atoms with van der Waals surface area (Å²) < 4.78 is 77.0. The third kappa shape index (κ3) is 6.15. The Kier molecular flexibility index (Phi) is 8.69. The average molecular weight is 506 g/mol. The average Bonchev–Trinajstić information content (AvgIpc) is 2.51. The van der Waals surface area contributed by atoms with Gasteiger partial charge in [0, 0.05) is 0 Å². The van der Waals surface area contributed by atoms with Crippen molar-refractivity contribution < 1.29 is 50.9 Å². The largest absolute Gasteiger partial charge is 0.463 e. The van der Waals surface area contributed by atoms with Crippen LogP contribution in [0, 0.1) is 0 Å². The molecule has 1 N–H and O–H groups in total. The molecule has 0 saturated heterocycles. The molecule has 6 nitrogen and oxygen atoms in total. The molecule has 12 heteroatoms. The van der Waals surface area contributed by atoms with Gasteiger partial charge >= 0.3 is 24.0 Å². The van der Waals surface area contributed by atoms with Crippen LogP contribution in [0.4, 0.5) is 22.0 Å². The molecule has 0 rings (SSSR count). The van der Waals surface area contributed by atoms with Crippen molar-refractivity contribution >= 4 is 34.5 Å². The molecule has 154 valence electrons. The van der Waals surface area contributed by atoms with Crippen LogP contribution in [0.3, 0.4) is 0 Å². The maximum atomic E-state index is 14.5. The molecule has 0 radical (unpaired) electrons. The Labute approximate surface area is 160 Å². The molecule has 0 saturated carbocycles. The van der Waals surface area contributed by atoms with Gasteiger partial charge in [-0.2, -0.15) is 22.0 Å². The van der Waals surface area contributed by atoms with Crippen molar-refractivity contribution in [3.63, 3.8) is 0 Å². The number of aliphatic hydroxyl groups excluding tert-OH is 1. The van der Waals surface area contributed by atoms with E-state index in [1.807, 2.05) is 0 Å². The van der Waals surface area contributed by atoms with E-state index in [-0.39, 0.29) is 13.0 Å². The van der Waals surface area contributed by atoms with Crippen LogP contribution in [-0.2, 0) is 23.8 Å². The van der Waals surface area contributed by atoms with Crippen LogP contribution in [0.25, 0.3) is 0 Å². The smallest absolute Gasteiger partial charge is 0.411 e. The van der Waals surface area contributed by atoms with Gasteiger partial charge in [0.1, 0.15) is 10.0 Å². The summed E-state index contributed by atoms with van der Waals surface area (Å²) in [5.41, 5.74) is -3.41. The lowest BCUT2D eigenvalue weighted by Gasteiger charge is -2.38. The van der Waals surface area contributed by atoms with Crippen LogP contribution < -0.4 is 0 Å². The van der Waals surface area contributed by atoms with Gasteiger partial charge in [0.25, 0.3) is 5.60 Å². The number of carbonyl (C=O) groups is 2. The summed E-state index contributed by atoms with van der Waals surface area (Å²) in [5, 5.41) is 9.39. The molecule has 3 atom stereocenters. The number of ether oxygens (including phenoxy) is 3. The Bertz CT molecular complexity index is 511. The Morgan fingerprint density at radius 1 is 1.08 bits per heavy atom. The van der Waals surface area contributed by atoms with E-state index in [4.69, 9.17) is 0 Å². The highest BCUT2D eigenvalue weighted by atomic mass is 127. The zero-order valence-corrected chi connectivity index (χ0v) is 16.6. The van der Waals surface area contributed by atoms with E-state index in [0.717, 1.165) is 0 Å². The van der Waals surface area contributed by atoms with E-state index in [2.05, 4.69) is 14.2 Å². The van der Waals surface area contributed by atoms with Crippen molar-refractivity contribution in [3.8, 4) is 0 Å². The summed E-state index contributed by atoms with van der Waals surface area (Å²) in [4.78, 5) is 24.1. The summed E-state index contributed by atoms with van der Waals surface area (Å²) in [6.45, 7) is 2.03. The molecule has 0 heterocycles. The first kappa shape index (κ1) is 25.2. The fraction of sp³-hybridized carbons (Fsp3) is 0.857. The van der Waals surface area contributed by atoms with Gasteiger partial charge < -0.3 is 19.3 Å². The van der Waals surface area contributed by atoms with E-state index >= 15 is 0 Å². The maximum absolute atomic E-state index is 14.5. The van der Waals surface area contributed by atoms with Gasteiger partial charge in [-0.3, -0.25) is 4.79 Å². The standard InChI is InChI=1S/C14H20F5IO6/c1-5-11(3,20)8(21)26-12(4,9(22)24-6-2)14(18,19)10(23)25-7-13(15,16)17/h10,23H,5-7H2,1-4H3. The van der Waals surface area contributed by atoms with Crippen molar-refractivity contribution in [3.05, 3.63) is 0 Å². The molecule has 0 aromatic heterocycles. The van der Waals surface area contributed by atoms with Gasteiger partial charge in [0.2, 0.25) is 6.29 Å². The minimum absolute atomic E-state index is 0.143. The van der Waals surface area contributed by atoms with Crippen molar-refractivity contribution in [1.82, 2.24) is 0 Å². The lowest BCUT2D eigenvalue weighted by atomic mass is 9.96. The molecule has 0 aromatic rings. The Balaban J connectivity index is 5.77. The van der Waals surface area contributed by atoms with Crippen LogP contribution in [0.1, 0.15) is 34.1 Å². The first-order valence-corrected chi connectivity index (χ1v) is 8.46. The Morgan fingerprint density at radius 2 is 1.58 bits per heavy atom. The summed E-state index contributed by atoms with van der Waals surface area (Å²) in [6.07, 6.45) is -8.24.